The first-order chi connectivity index (χ1) is 8.92. The Balaban J connectivity index is 3.16. The summed E-state index contributed by atoms with van der Waals surface area (Å²) in [6.45, 7) is 1.57. The number of amides is 1. The van der Waals surface area contributed by atoms with Gasteiger partial charge in [-0.3, -0.25) is 14.9 Å². The van der Waals surface area contributed by atoms with Gasteiger partial charge in [-0.2, -0.15) is 5.26 Å². The highest BCUT2D eigenvalue weighted by molar-refractivity contribution is 5.95. The molecule has 1 atom stereocenters. The van der Waals surface area contributed by atoms with Crippen LogP contribution in [0.2, 0.25) is 0 Å². The Morgan fingerprint density at radius 2 is 2.21 bits per heavy atom. The number of hydrogen-bond donors (Lipinski definition) is 0. The van der Waals surface area contributed by atoms with Crippen molar-refractivity contribution in [3.05, 3.63) is 33.9 Å². The lowest BCUT2D eigenvalue weighted by Crippen LogP contribution is -2.34. The van der Waals surface area contributed by atoms with E-state index in [0.29, 0.717) is 0 Å². The average Bonchev–Trinajstić information content (AvgIpc) is 2.43. The van der Waals surface area contributed by atoms with Gasteiger partial charge < -0.3 is 9.64 Å². The first-order valence-electron chi connectivity index (χ1n) is 5.41. The van der Waals surface area contributed by atoms with Crippen LogP contribution in [0.25, 0.3) is 0 Å². The molecule has 0 saturated carbocycles. The second-order valence-corrected chi connectivity index (χ2v) is 3.86. The summed E-state index contributed by atoms with van der Waals surface area (Å²) in [4.78, 5) is 23.5. The number of nitrogens with zero attached hydrogens (tertiary/aromatic N) is 3. The lowest BCUT2D eigenvalue weighted by molar-refractivity contribution is -0.385. The van der Waals surface area contributed by atoms with Crippen molar-refractivity contribution in [1.29, 1.82) is 5.26 Å². The molecule has 0 aliphatic heterocycles. The third-order valence-electron chi connectivity index (χ3n) is 2.71. The zero-order valence-electron chi connectivity index (χ0n) is 10.8. The van der Waals surface area contributed by atoms with Gasteiger partial charge in [0.25, 0.3) is 5.91 Å². The standard InChI is InChI=1S/C12H13N3O4/c1-8(7-13)14(2)12(16)9-4-5-11(19-3)10(6-9)15(17)18/h4-6,8H,1-3H3. The Morgan fingerprint density at radius 3 is 2.68 bits per heavy atom. The fourth-order valence-electron chi connectivity index (χ4n) is 1.43. The maximum absolute atomic E-state index is 12.0. The van der Waals surface area contributed by atoms with Crippen LogP contribution >= 0.6 is 0 Å². The molecule has 1 rings (SSSR count). The maximum atomic E-state index is 12.0. The molecule has 1 unspecified atom stereocenters. The topological polar surface area (TPSA) is 96.5 Å². The third kappa shape index (κ3) is 2.98. The Morgan fingerprint density at radius 1 is 1.58 bits per heavy atom. The van der Waals surface area contributed by atoms with Crippen LogP contribution in [0, 0.1) is 21.4 Å². The van der Waals surface area contributed by atoms with E-state index < -0.39 is 16.9 Å². The molecule has 0 aliphatic rings. The van der Waals surface area contributed by atoms with Crippen molar-refractivity contribution >= 4 is 11.6 Å². The predicted molar refractivity (Wildman–Crippen MR) is 66.8 cm³/mol. The fraction of sp³-hybridized carbons (Fsp3) is 0.333. The number of benzene rings is 1. The molecule has 1 amide bonds. The fourth-order valence-corrected chi connectivity index (χ4v) is 1.43. The first kappa shape index (κ1) is 14.4. The summed E-state index contributed by atoms with van der Waals surface area (Å²) in [5.41, 5.74) is -0.150. The Bertz CT molecular complexity index is 550. The van der Waals surface area contributed by atoms with Gasteiger partial charge in [-0.1, -0.05) is 0 Å². The second kappa shape index (κ2) is 5.82. The summed E-state index contributed by atoms with van der Waals surface area (Å²) in [5, 5.41) is 19.6. The van der Waals surface area contributed by atoms with Crippen LogP contribution in [-0.2, 0) is 0 Å². The number of carbonyl (C=O) groups excluding carboxylic acids is 1. The number of methoxy groups -OCH3 is 1. The normalized spacial score (nSPS) is 11.3. The van der Waals surface area contributed by atoms with Crippen LogP contribution in [0.4, 0.5) is 5.69 Å². The molecular weight excluding hydrogens is 250 g/mol. The number of ether oxygens (including phenoxy) is 1. The first-order valence-corrected chi connectivity index (χ1v) is 5.41. The van der Waals surface area contributed by atoms with E-state index in [-0.39, 0.29) is 17.0 Å². The highest BCUT2D eigenvalue weighted by Crippen LogP contribution is 2.28. The van der Waals surface area contributed by atoms with Crippen LogP contribution < -0.4 is 4.74 Å². The molecule has 0 N–H and O–H groups in total. The minimum atomic E-state index is -0.622. The van der Waals surface area contributed by atoms with E-state index in [1.54, 1.807) is 6.92 Å². The van der Waals surface area contributed by atoms with E-state index in [9.17, 15) is 14.9 Å². The van der Waals surface area contributed by atoms with Crippen molar-refractivity contribution in [1.82, 2.24) is 4.90 Å². The largest absolute Gasteiger partial charge is 0.490 e. The van der Waals surface area contributed by atoms with Crippen molar-refractivity contribution < 1.29 is 14.5 Å². The molecule has 0 spiro atoms. The van der Waals surface area contributed by atoms with E-state index in [0.717, 1.165) is 6.07 Å². The average molecular weight is 263 g/mol. The zero-order chi connectivity index (χ0) is 14.6. The third-order valence-corrected chi connectivity index (χ3v) is 2.71. The number of rotatable bonds is 4. The van der Waals surface area contributed by atoms with Crippen LogP contribution in [0.5, 0.6) is 5.75 Å². The molecule has 1 aromatic rings. The molecule has 1 aromatic carbocycles. The van der Waals surface area contributed by atoms with Crippen molar-refractivity contribution in [2.75, 3.05) is 14.2 Å². The van der Waals surface area contributed by atoms with Crippen LogP contribution in [-0.4, -0.2) is 35.9 Å². The summed E-state index contributed by atoms with van der Waals surface area (Å²) >= 11 is 0. The van der Waals surface area contributed by atoms with Gasteiger partial charge in [-0.05, 0) is 19.1 Å². The molecule has 0 bridgehead atoms. The molecule has 7 heteroatoms. The van der Waals surface area contributed by atoms with Crippen LogP contribution in [0.1, 0.15) is 17.3 Å². The maximum Gasteiger partial charge on any atom is 0.311 e. The van der Waals surface area contributed by atoms with Gasteiger partial charge in [0.15, 0.2) is 5.75 Å². The van der Waals surface area contributed by atoms with Crippen molar-refractivity contribution in [2.45, 2.75) is 13.0 Å². The minimum Gasteiger partial charge on any atom is -0.490 e. The molecule has 0 aliphatic carbocycles. The zero-order valence-corrected chi connectivity index (χ0v) is 10.8. The molecule has 0 fully saturated rings. The number of hydrogen-bond acceptors (Lipinski definition) is 5. The highest BCUT2D eigenvalue weighted by Gasteiger charge is 2.22. The quantitative estimate of drug-likeness (QED) is 0.607. The van der Waals surface area contributed by atoms with Crippen molar-refractivity contribution in [3.63, 3.8) is 0 Å². The van der Waals surface area contributed by atoms with Crippen molar-refractivity contribution in [2.24, 2.45) is 0 Å². The van der Waals surface area contributed by atoms with Gasteiger partial charge in [0.2, 0.25) is 0 Å². The molecule has 0 aromatic heterocycles. The molecule has 0 radical (unpaired) electrons. The molecule has 100 valence electrons. The van der Waals surface area contributed by atoms with Gasteiger partial charge in [0.05, 0.1) is 18.1 Å². The van der Waals surface area contributed by atoms with Gasteiger partial charge >= 0.3 is 5.69 Å². The lowest BCUT2D eigenvalue weighted by atomic mass is 10.1. The summed E-state index contributed by atoms with van der Waals surface area (Å²) < 4.78 is 4.85. The number of carbonyl (C=O) groups is 1. The number of nitriles is 1. The number of nitro groups is 1. The number of nitro benzene ring substituents is 1. The van der Waals surface area contributed by atoms with Gasteiger partial charge in [0, 0.05) is 18.7 Å². The lowest BCUT2D eigenvalue weighted by Gasteiger charge is -2.19. The van der Waals surface area contributed by atoms with Crippen LogP contribution in [0.15, 0.2) is 18.2 Å². The molecule has 7 nitrogen and oxygen atoms in total. The predicted octanol–water partition coefficient (Wildman–Crippen LogP) is 1.59. The Kier molecular flexibility index (Phi) is 4.42. The molecule has 19 heavy (non-hydrogen) atoms. The van der Waals surface area contributed by atoms with E-state index in [4.69, 9.17) is 10.00 Å². The van der Waals surface area contributed by atoms with Gasteiger partial charge in [0.1, 0.15) is 6.04 Å². The smallest absolute Gasteiger partial charge is 0.311 e. The molecular formula is C12H13N3O4. The minimum absolute atomic E-state index is 0.0811. The molecule has 0 saturated heterocycles. The van der Waals surface area contributed by atoms with E-state index in [2.05, 4.69) is 0 Å². The van der Waals surface area contributed by atoms with E-state index >= 15 is 0 Å². The van der Waals surface area contributed by atoms with Crippen LogP contribution in [0.3, 0.4) is 0 Å². The van der Waals surface area contributed by atoms with E-state index in [1.807, 2.05) is 6.07 Å². The Labute approximate surface area is 110 Å². The molecule has 0 heterocycles. The van der Waals surface area contributed by atoms with E-state index in [1.165, 1.54) is 31.2 Å². The van der Waals surface area contributed by atoms with Crippen molar-refractivity contribution in [3.8, 4) is 11.8 Å². The summed E-state index contributed by atoms with van der Waals surface area (Å²) in [7, 11) is 2.78. The highest BCUT2D eigenvalue weighted by atomic mass is 16.6. The second-order valence-electron chi connectivity index (χ2n) is 3.86. The SMILES string of the molecule is COc1ccc(C(=O)N(C)C(C)C#N)cc1[N+](=O)[O-]. The summed E-state index contributed by atoms with van der Waals surface area (Å²) in [5.74, 6) is -0.377. The summed E-state index contributed by atoms with van der Waals surface area (Å²) in [6, 6.07) is 5.23. The monoisotopic (exact) mass is 263 g/mol. The summed E-state index contributed by atoms with van der Waals surface area (Å²) in [6.07, 6.45) is 0. The van der Waals surface area contributed by atoms with Gasteiger partial charge in [-0.15, -0.1) is 0 Å². The van der Waals surface area contributed by atoms with Gasteiger partial charge in [-0.25, -0.2) is 0 Å². The Hall–Kier alpha value is -2.62.